The van der Waals surface area contributed by atoms with Crippen LogP contribution in [0.3, 0.4) is 0 Å². The molecule has 0 aliphatic heterocycles. The van der Waals surface area contributed by atoms with E-state index in [1.54, 1.807) is 0 Å². The minimum absolute atomic E-state index is 0.000476. The number of benzene rings is 2. The summed E-state index contributed by atoms with van der Waals surface area (Å²) >= 11 is 0. The quantitative estimate of drug-likeness (QED) is 0.214. The van der Waals surface area contributed by atoms with Gasteiger partial charge in [0.2, 0.25) is 0 Å². The van der Waals surface area contributed by atoms with Gasteiger partial charge in [-0.2, -0.15) is 13.2 Å². The highest BCUT2D eigenvalue weighted by Gasteiger charge is 2.37. The number of methoxy groups -OCH3 is 1. The lowest BCUT2D eigenvalue weighted by Gasteiger charge is -2.14. The lowest BCUT2D eigenvalue weighted by molar-refractivity contribution is -0.137. The van der Waals surface area contributed by atoms with Crippen LogP contribution in [0.15, 0.2) is 60.7 Å². The van der Waals surface area contributed by atoms with Gasteiger partial charge in [0.15, 0.2) is 6.29 Å². The number of halogens is 5. The van der Waals surface area contributed by atoms with Gasteiger partial charge in [0.25, 0.3) is 5.91 Å². The Morgan fingerprint density at radius 3 is 2.17 bits per heavy atom. The van der Waals surface area contributed by atoms with Gasteiger partial charge in [0.1, 0.15) is 22.9 Å². The smallest absolute Gasteiger partial charge is 0.418 e. The summed E-state index contributed by atoms with van der Waals surface area (Å²) in [5.41, 5.74) is -2.86. The normalized spacial score (nSPS) is 11.4. The van der Waals surface area contributed by atoms with Crippen molar-refractivity contribution in [3.8, 4) is 11.3 Å². The fraction of sp³-hybridized carbons (Fsp3) is 0.0800. The highest BCUT2D eigenvalue weighted by Crippen LogP contribution is 2.40. The Morgan fingerprint density at radius 1 is 0.972 bits per heavy atom. The average molecular weight is 502 g/mol. The van der Waals surface area contributed by atoms with E-state index in [0.717, 1.165) is 35.8 Å². The van der Waals surface area contributed by atoms with E-state index in [0.29, 0.717) is 0 Å². The summed E-state index contributed by atoms with van der Waals surface area (Å²) in [6.07, 6.45) is -4.57. The van der Waals surface area contributed by atoms with Gasteiger partial charge in [-0.05, 0) is 48.0 Å². The van der Waals surface area contributed by atoms with Gasteiger partial charge in [0.05, 0.1) is 23.9 Å². The Morgan fingerprint density at radius 2 is 1.61 bits per heavy atom. The molecular formula is C25H15F5N2O4. The molecule has 6 nitrogen and oxygen atoms in total. The summed E-state index contributed by atoms with van der Waals surface area (Å²) in [7, 11) is 1.07. The predicted molar refractivity (Wildman–Crippen MR) is 119 cm³/mol. The lowest BCUT2D eigenvalue weighted by atomic mass is 10.1. The first-order valence-electron chi connectivity index (χ1n) is 10.2. The zero-order chi connectivity index (χ0) is 26.2. The van der Waals surface area contributed by atoms with Crippen molar-refractivity contribution in [3.63, 3.8) is 0 Å². The van der Waals surface area contributed by atoms with E-state index in [1.165, 1.54) is 36.4 Å². The number of rotatable bonds is 5. The summed E-state index contributed by atoms with van der Waals surface area (Å²) < 4.78 is 75.1. The summed E-state index contributed by atoms with van der Waals surface area (Å²) in [6.45, 7) is 0. The Labute approximate surface area is 199 Å². The van der Waals surface area contributed by atoms with Crippen LogP contribution in [-0.2, 0) is 10.9 Å². The fourth-order valence-corrected chi connectivity index (χ4v) is 3.81. The second-order valence-electron chi connectivity index (χ2n) is 7.53. The maximum atomic E-state index is 13.9. The molecule has 0 radical (unpaired) electrons. The monoisotopic (exact) mass is 502 g/mol. The number of hydrogen-bond acceptors (Lipinski definition) is 4. The topological polar surface area (TPSA) is 76.9 Å². The number of fused-ring (bicyclic) bond motifs is 1. The van der Waals surface area contributed by atoms with E-state index in [9.17, 15) is 36.3 Å². The second-order valence-corrected chi connectivity index (χ2v) is 7.53. The van der Waals surface area contributed by atoms with E-state index in [-0.39, 0.29) is 34.3 Å². The molecule has 1 N–H and O–H groups in total. The Bertz CT molecular complexity index is 1490. The van der Waals surface area contributed by atoms with Crippen LogP contribution in [0.1, 0.15) is 36.8 Å². The minimum atomic E-state index is -4.82. The Balaban J connectivity index is 1.82. The number of hydrogen-bond donors (Lipinski definition) is 1. The predicted octanol–water partition coefficient (Wildman–Crippen LogP) is 5.75. The third-order valence-electron chi connectivity index (χ3n) is 5.40. The minimum Gasteiger partial charge on any atom is -0.465 e. The number of carbonyl (C=O) groups is 3. The van der Waals surface area contributed by atoms with Gasteiger partial charge < -0.3 is 14.5 Å². The molecule has 4 aromatic rings. The van der Waals surface area contributed by atoms with Crippen LogP contribution in [0.25, 0.3) is 16.8 Å². The van der Waals surface area contributed by atoms with Crippen LogP contribution in [0, 0.1) is 11.6 Å². The molecule has 1 amide bonds. The van der Waals surface area contributed by atoms with Crippen LogP contribution >= 0.6 is 0 Å². The van der Waals surface area contributed by atoms with Gasteiger partial charge in [-0.15, -0.1) is 0 Å². The second kappa shape index (κ2) is 9.25. The number of aromatic nitrogens is 1. The standard InChI is InChI=1S/C25H15F5N2O4/c1-36-24(35)16-10-9-15-11-17(25(28,29)30)22(32(15)20(16)12-33)13-5-7-14(8-6-13)31-23(34)21-18(26)3-2-4-19(21)27/h2-12H,1H3,(H,31,34). The molecule has 11 heteroatoms. The Hall–Kier alpha value is -4.54. The molecule has 0 saturated heterocycles. The number of nitrogens with zero attached hydrogens (tertiary/aromatic N) is 1. The molecule has 0 aliphatic rings. The summed E-state index contributed by atoms with van der Waals surface area (Å²) in [6, 6.07) is 11.1. The number of aldehydes is 1. The SMILES string of the molecule is COC(=O)c1ccc2cc(C(F)(F)F)c(-c3ccc(NC(=O)c4c(F)cccc4F)cc3)n2c1C=O. The van der Waals surface area contributed by atoms with Crippen molar-refractivity contribution in [3.05, 3.63) is 94.7 Å². The molecule has 2 aromatic heterocycles. The highest BCUT2D eigenvalue weighted by molar-refractivity contribution is 6.04. The fourth-order valence-electron chi connectivity index (χ4n) is 3.81. The van der Waals surface area contributed by atoms with E-state index in [2.05, 4.69) is 10.1 Å². The molecule has 0 bridgehead atoms. The molecule has 2 heterocycles. The first kappa shape index (κ1) is 24.6. The zero-order valence-corrected chi connectivity index (χ0v) is 18.3. The van der Waals surface area contributed by atoms with Crippen molar-refractivity contribution in [2.24, 2.45) is 0 Å². The van der Waals surface area contributed by atoms with Gasteiger partial charge in [0, 0.05) is 11.2 Å². The van der Waals surface area contributed by atoms with Gasteiger partial charge >= 0.3 is 12.1 Å². The molecule has 0 aliphatic carbocycles. The van der Waals surface area contributed by atoms with Gasteiger partial charge in [-0.3, -0.25) is 9.59 Å². The lowest BCUT2D eigenvalue weighted by Crippen LogP contribution is -2.15. The molecule has 184 valence electrons. The van der Waals surface area contributed by atoms with Gasteiger partial charge in [-0.1, -0.05) is 18.2 Å². The highest BCUT2D eigenvalue weighted by atomic mass is 19.4. The largest absolute Gasteiger partial charge is 0.465 e. The first-order valence-corrected chi connectivity index (χ1v) is 10.2. The van der Waals surface area contributed by atoms with Crippen LogP contribution in [0.5, 0.6) is 0 Å². The van der Waals surface area contributed by atoms with Crippen molar-refractivity contribution in [1.29, 1.82) is 0 Å². The van der Waals surface area contributed by atoms with Crippen molar-refractivity contribution in [2.45, 2.75) is 6.18 Å². The number of alkyl halides is 3. The maximum Gasteiger partial charge on any atom is 0.418 e. The molecule has 36 heavy (non-hydrogen) atoms. The van der Waals surface area contributed by atoms with E-state index < -0.39 is 46.5 Å². The molecular weight excluding hydrogens is 487 g/mol. The van der Waals surface area contributed by atoms with Crippen LogP contribution in [0.2, 0.25) is 0 Å². The molecule has 0 atom stereocenters. The summed E-state index contributed by atoms with van der Waals surface area (Å²) in [5, 5.41) is 2.28. The third kappa shape index (κ3) is 4.30. The average Bonchev–Trinajstić information content (AvgIpc) is 3.24. The van der Waals surface area contributed by atoms with Crippen LogP contribution in [-0.4, -0.2) is 29.7 Å². The van der Waals surface area contributed by atoms with Crippen molar-refractivity contribution in [2.75, 3.05) is 12.4 Å². The molecule has 0 unspecified atom stereocenters. The number of carbonyl (C=O) groups excluding carboxylic acids is 3. The van der Waals surface area contributed by atoms with Gasteiger partial charge in [-0.25, -0.2) is 13.6 Å². The van der Waals surface area contributed by atoms with E-state index in [1.807, 2.05) is 0 Å². The molecule has 2 aromatic carbocycles. The van der Waals surface area contributed by atoms with Crippen LogP contribution in [0.4, 0.5) is 27.6 Å². The zero-order valence-electron chi connectivity index (χ0n) is 18.3. The van der Waals surface area contributed by atoms with Crippen molar-refractivity contribution in [1.82, 2.24) is 4.40 Å². The maximum absolute atomic E-state index is 13.9. The molecule has 0 fully saturated rings. The number of ether oxygens (including phenoxy) is 1. The Kier molecular flexibility index (Phi) is 6.32. The number of amides is 1. The summed E-state index contributed by atoms with van der Waals surface area (Å²) in [4.78, 5) is 36.3. The number of anilines is 1. The van der Waals surface area contributed by atoms with Crippen molar-refractivity contribution < 1.29 is 41.1 Å². The third-order valence-corrected chi connectivity index (χ3v) is 5.40. The van der Waals surface area contributed by atoms with Crippen molar-refractivity contribution >= 4 is 29.4 Å². The molecule has 0 spiro atoms. The number of pyridine rings is 1. The molecule has 4 rings (SSSR count). The van der Waals surface area contributed by atoms with Crippen LogP contribution < -0.4 is 5.32 Å². The molecule has 0 saturated carbocycles. The van der Waals surface area contributed by atoms with E-state index in [4.69, 9.17) is 0 Å². The first-order chi connectivity index (χ1) is 17.1. The number of esters is 1. The summed E-state index contributed by atoms with van der Waals surface area (Å²) in [5.74, 6) is -4.16. The van der Waals surface area contributed by atoms with E-state index >= 15 is 0 Å². The number of nitrogens with one attached hydrogen (secondary N) is 1.